The minimum atomic E-state index is -0.282. The molecule has 0 saturated heterocycles. The monoisotopic (exact) mass is 488 g/mol. The van der Waals surface area contributed by atoms with Gasteiger partial charge in [0, 0.05) is 0 Å². The van der Waals surface area contributed by atoms with Crippen molar-refractivity contribution in [3.8, 4) is 5.75 Å². The zero-order chi connectivity index (χ0) is 24.4. The first kappa shape index (κ1) is 28.7. The Morgan fingerprint density at radius 1 is 1.06 bits per heavy atom. The average molecular weight is 489 g/mol. The molecule has 2 nitrogen and oxygen atoms in total. The molecule has 0 saturated carbocycles. The van der Waals surface area contributed by atoms with Gasteiger partial charge in [-0.05, 0) is 42.2 Å². The van der Waals surface area contributed by atoms with Crippen molar-refractivity contribution in [2.75, 3.05) is 13.7 Å². The van der Waals surface area contributed by atoms with Crippen LogP contribution in [0.4, 0.5) is 0 Å². The molecule has 0 bridgehead atoms. The molecule has 0 aromatic heterocycles. The molecule has 1 aliphatic rings. The summed E-state index contributed by atoms with van der Waals surface area (Å²) in [5.74, 6) is 1.75. The number of ether oxygens (including phenoxy) is 2. The van der Waals surface area contributed by atoms with Crippen LogP contribution in [0.3, 0.4) is 0 Å². The van der Waals surface area contributed by atoms with Crippen molar-refractivity contribution in [2.24, 2.45) is 10.8 Å². The Labute approximate surface area is 207 Å². The van der Waals surface area contributed by atoms with E-state index in [2.05, 4.69) is 72.9 Å². The number of hydrogen-bond donors (Lipinski definition) is 0. The van der Waals surface area contributed by atoms with Crippen molar-refractivity contribution in [2.45, 2.75) is 68.0 Å². The number of allylic oxidation sites excluding steroid dienone is 6. The van der Waals surface area contributed by atoms with Gasteiger partial charge < -0.3 is 9.47 Å². The second-order valence-corrected chi connectivity index (χ2v) is 20.9. The van der Waals surface area contributed by atoms with E-state index < -0.39 is 0 Å². The molecule has 0 fully saturated rings. The van der Waals surface area contributed by atoms with E-state index in [1.165, 1.54) is 12.0 Å². The second-order valence-electron chi connectivity index (χ2n) is 10.5. The molecule has 0 amide bonds. The normalized spacial score (nSPS) is 15.0. The Morgan fingerprint density at radius 3 is 2.12 bits per heavy atom. The summed E-state index contributed by atoms with van der Waals surface area (Å²) in [4.78, 5) is 0. The van der Waals surface area contributed by atoms with Gasteiger partial charge in [-0.1, -0.05) is 39.0 Å². The summed E-state index contributed by atoms with van der Waals surface area (Å²) in [5, 5.41) is 0. The summed E-state index contributed by atoms with van der Waals surface area (Å²) in [6.07, 6.45) is 10.2. The Balaban J connectivity index is 0.000000343. The van der Waals surface area contributed by atoms with E-state index in [0.29, 0.717) is 30.4 Å². The first-order valence-corrected chi connectivity index (χ1v) is 18.0. The molecular formula is C28H44O2SiTi. The zero-order valence-corrected chi connectivity index (χ0v) is 24.7. The Hall–Kier alpha value is -1.29. The molecule has 2 rings (SSSR count). The summed E-state index contributed by atoms with van der Waals surface area (Å²) >= 11 is 0.302. The van der Waals surface area contributed by atoms with Gasteiger partial charge in [-0.25, -0.2) is 0 Å². The first-order valence-electron chi connectivity index (χ1n) is 11.6. The molecule has 1 aliphatic carbocycles. The zero-order valence-electron chi connectivity index (χ0n) is 22.0. The van der Waals surface area contributed by atoms with Crippen LogP contribution >= 0.6 is 0 Å². The maximum absolute atomic E-state index is 5.83. The standard InChI is InChI=1S/C17H24O2.C9H13.C2H7Si.Ti/c1-6-15(18-5)12-14(17(2,3)4)13-19-16-10-8-7-9-11-16;1-9(2,3)8-6-4-5-7-8;1-3-2;/h6-12H,13H2,1-5H3;6-7H,4H2,1-3H3;3H,1-2H3;. The van der Waals surface area contributed by atoms with Crippen molar-refractivity contribution >= 4 is 6.66 Å². The molecular weight excluding hydrogens is 444 g/mol. The summed E-state index contributed by atoms with van der Waals surface area (Å²) in [5.41, 5.74) is 3.18. The van der Waals surface area contributed by atoms with Crippen LogP contribution in [0, 0.1) is 10.8 Å². The minimum absolute atomic E-state index is 0.0432. The van der Waals surface area contributed by atoms with E-state index >= 15 is 0 Å². The Kier molecular flexibility index (Phi) is 12.1. The molecule has 1 aromatic rings. The van der Waals surface area contributed by atoms with Gasteiger partial charge in [0.05, 0.1) is 7.11 Å². The van der Waals surface area contributed by atoms with Crippen molar-refractivity contribution in [1.82, 2.24) is 0 Å². The molecule has 176 valence electrons. The fraction of sp³-hybridized carbons (Fsp3) is 0.500. The van der Waals surface area contributed by atoms with Crippen molar-refractivity contribution in [3.63, 3.8) is 0 Å². The van der Waals surface area contributed by atoms with Crippen molar-refractivity contribution in [1.29, 1.82) is 0 Å². The third-order valence-corrected chi connectivity index (χ3v) is 11.1. The summed E-state index contributed by atoms with van der Waals surface area (Å²) < 4.78 is 12.9. The van der Waals surface area contributed by atoms with Gasteiger partial charge in [0.2, 0.25) is 0 Å². The fourth-order valence-corrected chi connectivity index (χ4v) is 8.87. The SMILES string of the molecule is CC=C(C=C(COc1ccccc1)C(C)(C)C)OC.C[SiH](C)[Ti][C]1=CC(C(C)(C)C)=CC1. The fourth-order valence-electron chi connectivity index (χ4n) is 3.10. The van der Waals surface area contributed by atoms with Crippen LogP contribution in [0.15, 0.2) is 75.4 Å². The van der Waals surface area contributed by atoms with Crippen LogP contribution in [0.5, 0.6) is 5.75 Å². The molecule has 0 N–H and O–H groups in total. The summed E-state index contributed by atoms with van der Waals surface area (Å²) in [6, 6.07) is 9.86. The maximum atomic E-state index is 5.83. The molecule has 0 aliphatic heterocycles. The number of para-hydroxylation sites is 1. The summed E-state index contributed by atoms with van der Waals surface area (Å²) in [6.45, 7) is 20.7. The van der Waals surface area contributed by atoms with Crippen molar-refractivity contribution < 1.29 is 27.9 Å². The predicted molar refractivity (Wildman–Crippen MR) is 139 cm³/mol. The third-order valence-electron chi connectivity index (χ3n) is 5.15. The first-order chi connectivity index (χ1) is 14.9. The van der Waals surface area contributed by atoms with Gasteiger partial charge >= 0.3 is 92.4 Å². The average Bonchev–Trinajstić information content (AvgIpc) is 3.17. The van der Waals surface area contributed by atoms with E-state index in [0.717, 1.165) is 11.5 Å². The van der Waals surface area contributed by atoms with Gasteiger partial charge in [0.1, 0.15) is 18.1 Å². The molecule has 32 heavy (non-hydrogen) atoms. The van der Waals surface area contributed by atoms with Gasteiger partial charge in [-0.3, -0.25) is 0 Å². The molecule has 0 radical (unpaired) electrons. The van der Waals surface area contributed by atoms with Gasteiger partial charge in [0.25, 0.3) is 0 Å². The van der Waals surface area contributed by atoms with E-state index in [1.54, 1.807) is 16.6 Å². The number of hydrogen-bond acceptors (Lipinski definition) is 2. The van der Waals surface area contributed by atoms with E-state index in [4.69, 9.17) is 9.47 Å². The second kappa shape index (κ2) is 13.4. The number of methoxy groups -OCH3 is 1. The molecule has 0 spiro atoms. The summed E-state index contributed by atoms with van der Waals surface area (Å²) in [7, 11) is 1.68. The number of rotatable bonds is 7. The number of benzene rings is 1. The van der Waals surface area contributed by atoms with Crippen LogP contribution in [0.2, 0.25) is 13.1 Å². The Morgan fingerprint density at radius 2 is 1.69 bits per heavy atom. The van der Waals surface area contributed by atoms with Crippen molar-refractivity contribution in [3.05, 3.63) is 75.4 Å². The van der Waals surface area contributed by atoms with Crippen LogP contribution in [-0.4, -0.2) is 20.4 Å². The van der Waals surface area contributed by atoms with Crippen LogP contribution < -0.4 is 4.74 Å². The molecule has 0 atom stereocenters. The van der Waals surface area contributed by atoms with E-state index in [1.807, 2.05) is 43.3 Å². The predicted octanol–water partition coefficient (Wildman–Crippen LogP) is 7.90. The molecule has 0 heterocycles. The van der Waals surface area contributed by atoms with Crippen LogP contribution in [-0.2, 0) is 23.1 Å². The van der Waals surface area contributed by atoms with Gasteiger partial charge in [-0.15, -0.1) is 0 Å². The van der Waals surface area contributed by atoms with Crippen LogP contribution in [0.1, 0.15) is 54.9 Å². The van der Waals surface area contributed by atoms with Gasteiger partial charge in [0.15, 0.2) is 0 Å². The quantitative estimate of drug-likeness (QED) is 0.221. The van der Waals surface area contributed by atoms with E-state index in [-0.39, 0.29) is 12.1 Å². The molecule has 4 heteroatoms. The van der Waals surface area contributed by atoms with Crippen LogP contribution in [0.25, 0.3) is 0 Å². The third kappa shape index (κ3) is 11.0. The topological polar surface area (TPSA) is 18.5 Å². The Bertz CT molecular complexity index is 819. The molecule has 1 aromatic carbocycles. The van der Waals surface area contributed by atoms with E-state index in [9.17, 15) is 0 Å². The molecule has 0 unspecified atom stereocenters. The van der Waals surface area contributed by atoms with Gasteiger partial charge in [-0.2, -0.15) is 0 Å².